The van der Waals surface area contributed by atoms with Gasteiger partial charge < -0.3 is 4.42 Å². The van der Waals surface area contributed by atoms with Crippen molar-refractivity contribution in [2.75, 3.05) is 0 Å². The molecule has 4 aromatic rings. The Hall–Kier alpha value is -2.18. The van der Waals surface area contributed by atoms with E-state index >= 15 is 0 Å². The van der Waals surface area contributed by atoms with Crippen molar-refractivity contribution in [1.29, 1.82) is 0 Å². The third kappa shape index (κ3) is 2.95. The summed E-state index contributed by atoms with van der Waals surface area (Å²) in [5.41, 5.74) is 2.53. The number of aromatic nitrogens is 2. The molecule has 118 valence electrons. The number of nitrogens with zero attached hydrogens (tertiary/aromatic N) is 3. The maximum atomic E-state index is 5.52. The van der Waals surface area contributed by atoms with Crippen LogP contribution in [0.15, 0.2) is 79.3 Å². The zero-order valence-corrected chi connectivity index (χ0v) is 15.5. The van der Waals surface area contributed by atoms with Crippen LogP contribution in [-0.4, -0.2) is 15.6 Å². The van der Waals surface area contributed by atoms with Crippen molar-refractivity contribution >= 4 is 49.5 Å². The molecule has 0 atom stereocenters. The average molecular weight is 445 g/mol. The molecule has 0 N–H and O–H groups in total. The first-order chi connectivity index (χ1) is 11.7. The van der Waals surface area contributed by atoms with Crippen molar-refractivity contribution in [3.05, 3.63) is 75.5 Å². The largest absolute Gasteiger partial charge is 0.463 e. The van der Waals surface area contributed by atoms with Crippen LogP contribution in [-0.2, 0) is 0 Å². The summed E-state index contributed by atoms with van der Waals surface area (Å²) in [6.45, 7) is 0. The van der Waals surface area contributed by atoms with E-state index in [4.69, 9.17) is 4.42 Å². The molecule has 0 aliphatic carbocycles. The Balaban J connectivity index is 1.87. The predicted molar refractivity (Wildman–Crippen MR) is 102 cm³/mol. The first kappa shape index (κ1) is 15.4. The summed E-state index contributed by atoms with van der Waals surface area (Å²) in [5, 5.41) is 0. The first-order valence-electron chi connectivity index (χ1n) is 7.22. The molecule has 0 amide bonds. The van der Waals surface area contributed by atoms with Crippen LogP contribution in [0.25, 0.3) is 17.1 Å². The van der Waals surface area contributed by atoms with Crippen molar-refractivity contribution < 1.29 is 4.42 Å². The molecule has 0 unspecified atom stereocenters. The van der Waals surface area contributed by atoms with Crippen LogP contribution in [0.5, 0.6) is 0 Å². The van der Waals surface area contributed by atoms with Crippen LogP contribution in [0, 0.1) is 0 Å². The van der Waals surface area contributed by atoms with Crippen LogP contribution in [0.1, 0.15) is 5.56 Å². The van der Waals surface area contributed by atoms with Crippen LogP contribution in [0.4, 0.5) is 5.82 Å². The van der Waals surface area contributed by atoms with E-state index in [0.717, 1.165) is 26.0 Å². The second-order valence-electron chi connectivity index (χ2n) is 5.15. The summed E-state index contributed by atoms with van der Waals surface area (Å²) >= 11 is 6.94. The monoisotopic (exact) mass is 443 g/mol. The molecule has 0 aliphatic heterocycles. The number of fused-ring (bicyclic) bond motifs is 1. The molecule has 0 saturated heterocycles. The summed E-state index contributed by atoms with van der Waals surface area (Å²) in [7, 11) is 0. The second-order valence-corrected chi connectivity index (χ2v) is 6.98. The van der Waals surface area contributed by atoms with Crippen molar-refractivity contribution in [2.45, 2.75) is 0 Å². The van der Waals surface area contributed by atoms with E-state index in [1.807, 2.05) is 65.3 Å². The average Bonchev–Trinajstić information content (AvgIpc) is 3.21. The van der Waals surface area contributed by atoms with Crippen molar-refractivity contribution in [3.63, 3.8) is 0 Å². The number of hydrogen-bond donors (Lipinski definition) is 0. The molecule has 0 aliphatic rings. The van der Waals surface area contributed by atoms with Gasteiger partial charge in [-0.3, -0.25) is 4.40 Å². The van der Waals surface area contributed by atoms with Gasteiger partial charge in [0.2, 0.25) is 0 Å². The van der Waals surface area contributed by atoms with Crippen molar-refractivity contribution in [2.24, 2.45) is 4.99 Å². The number of aliphatic imine (C=N–C) groups is 1. The Morgan fingerprint density at radius 2 is 1.79 bits per heavy atom. The van der Waals surface area contributed by atoms with Gasteiger partial charge in [0, 0.05) is 21.4 Å². The van der Waals surface area contributed by atoms with Gasteiger partial charge >= 0.3 is 0 Å². The molecule has 0 radical (unpaired) electrons. The zero-order chi connectivity index (χ0) is 16.5. The molecule has 3 heterocycles. The van der Waals surface area contributed by atoms with Crippen LogP contribution in [0.3, 0.4) is 0 Å². The normalized spacial score (nSPS) is 11.6. The molecule has 0 spiro atoms. The molecule has 6 heteroatoms. The maximum absolute atomic E-state index is 5.52. The highest BCUT2D eigenvalue weighted by atomic mass is 79.9. The third-order valence-electron chi connectivity index (χ3n) is 3.52. The van der Waals surface area contributed by atoms with Gasteiger partial charge in [0.25, 0.3) is 0 Å². The molecule has 0 saturated carbocycles. The quantitative estimate of drug-likeness (QED) is 0.371. The first-order valence-corrected chi connectivity index (χ1v) is 8.80. The van der Waals surface area contributed by atoms with E-state index in [1.165, 1.54) is 0 Å². The topological polar surface area (TPSA) is 42.8 Å². The van der Waals surface area contributed by atoms with E-state index in [-0.39, 0.29) is 0 Å². The summed E-state index contributed by atoms with van der Waals surface area (Å²) in [6.07, 6.45) is 5.41. The second kappa shape index (κ2) is 6.37. The van der Waals surface area contributed by atoms with Gasteiger partial charge in [-0.15, -0.1) is 0 Å². The van der Waals surface area contributed by atoms with E-state index < -0.39 is 0 Å². The van der Waals surface area contributed by atoms with Gasteiger partial charge in [-0.05, 0) is 57.9 Å². The molecule has 0 fully saturated rings. The smallest absolute Gasteiger partial charge is 0.168 e. The lowest BCUT2D eigenvalue weighted by atomic mass is 10.2. The van der Waals surface area contributed by atoms with Gasteiger partial charge in [0.05, 0.1) is 6.26 Å². The highest BCUT2D eigenvalue weighted by Crippen LogP contribution is 2.32. The fraction of sp³-hybridized carbons (Fsp3) is 0. The Bertz CT molecular complexity index is 1020. The highest BCUT2D eigenvalue weighted by molar-refractivity contribution is 9.10. The molecular weight excluding hydrogens is 434 g/mol. The van der Waals surface area contributed by atoms with E-state index in [1.54, 1.807) is 6.26 Å². The van der Waals surface area contributed by atoms with Crippen LogP contribution >= 0.6 is 31.9 Å². The molecule has 0 bridgehead atoms. The van der Waals surface area contributed by atoms with Crippen molar-refractivity contribution in [1.82, 2.24) is 9.38 Å². The number of benzene rings is 1. The zero-order valence-electron chi connectivity index (χ0n) is 12.4. The minimum atomic E-state index is 0.692. The van der Waals surface area contributed by atoms with Gasteiger partial charge in [0.1, 0.15) is 5.65 Å². The number of halogens is 2. The van der Waals surface area contributed by atoms with Gasteiger partial charge in [0.15, 0.2) is 17.3 Å². The maximum Gasteiger partial charge on any atom is 0.168 e. The standard InChI is InChI=1S/C18H11Br2N3O/c19-13-5-3-12(4-6-13)10-21-18-17(15-2-1-9-24-15)22-16-8-7-14(20)11-23(16)18/h1-11H. The Labute approximate surface area is 155 Å². The van der Waals surface area contributed by atoms with Gasteiger partial charge in [-0.25, -0.2) is 9.98 Å². The van der Waals surface area contributed by atoms with E-state index in [9.17, 15) is 0 Å². The Morgan fingerprint density at radius 1 is 1.00 bits per heavy atom. The fourth-order valence-corrected chi connectivity index (χ4v) is 2.99. The summed E-state index contributed by atoms with van der Waals surface area (Å²) in [5.74, 6) is 1.42. The molecular formula is C18H11Br2N3O. The van der Waals surface area contributed by atoms with Crippen LogP contribution < -0.4 is 0 Å². The SMILES string of the molecule is Brc1ccc(C=Nc2c(-c3ccco3)nc3ccc(Br)cn23)cc1. The molecule has 4 nitrogen and oxygen atoms in total. The number of rotatable bonds is 3. The van der Waals surface area contributed by atoms with Crippen LogP contribution in [0.2, 0.25) is 0 Å². The Morgan fingerprint density at radius 3 is 2.54 bits per heavy atom. The van der Waals surface area contributed by atoms with E-state index in [0.29, 0.717) is 11.5 Å². The summed E-state index contributed by atoms with van der Waals surface area (Å²) in [6, 6.07) is 15.6. The fourth-order valence-electron chi connectivity index (χ4n) is 2.39. The van der Waals surface area contributed by atoms with E-state index in [2.05, 4.69) is 41.8 Å². The minimum absolute atomic E-state index is 0.692. The predicted octanol–water partition coefficient (Wildman–Crippen LogP) is 5.87. The summed E-state index contributed by atoms with van der Waals surface area (Å²) in [4.78, 5) is 9.32. The van der Waals surface area contributed by atoms with Gasteiger partial charge in [-0.1, -0.05) is 28.1 Å². The Kier molecular flexibility index (Phi) is 4.08. The molecule has 1 aromatic carbocycles. The number of hydrogen-bond acceptors (Lipinski definition) is 3. The number of furan rings is 1. The highest BCUT2D eigenvalue weighted by Gasteiger charge is 2.15. The molecule has 24 heavy (non-hydrogen) atoms. The lowest BCUT2D eigenvalue weighted by Crippen LogP contribution is -1.85. The molecule has 4 rings (SSSR count). The van der Waals surface area contributed by atoms with Gasteiger partial charge in [-0.2, -0.15) is 0 Å². The lowest BCUT2D eigenvalue weighted by molar-refractivity contribution is 0.580. The lowest BCUT2D eigenvalue weighted by Gasteiger charge is -1.99. The summed E-state index contributed by atoms with van der Waals surface area (Å²) < 4.78 is 9.46. The number of pyridine rings is 1. The minimum Gasteiger partial charge on any atom is -0.463 e. The molecule has 3 aromatic heterocycles. The van der Waals surface area contributed by atoms with Crippen molar-refractivity contribution in [3.8, 4) is 11.5 Å². The number of imidazole rings is 1. The third-order valence-corrected chi connectivity index (χ3v) is 4.52.